The van der Waals surface area contributed by atoms with E-state index in [0.29, 0.717) is 0 Å². The van der Waals surface area contributed by atoms with Crippen LogP contribution in [0.4, 0.5) is 5.69 Å². The Morgan fingerprint density at radius 3 is 3.00 bits per heavy atom. The van der Waals surface area contributed by atoms with E-state index in [0.717, 1.165) is 30.1 Å². The molecule has 1 rings (SSSR count). The van der Waals surface area contributed by atoms with E-state index in [-0.39, 0.29) is 0 Å². The van der Waals surface area contributed by atoms with Gasteiger partial charge in [0.15, 0.2) is 5.75 Å². The molecule has 0 radical (unpaired) electrons. The molecule has 1 heterocycles. The Balaban J connectivity index is 2.54. The Hall–Kier alpha value is -0.900. The van der Waals surface area contributed by atoms with Crippen molar-refractivity contribution in [3.8, 4) is 5.75 Å². The van der Waals surface area contributed by atoms with E-state index in [9.17, 15) is 0 Å². The quantitative estimate of drug-likeness (QED) is 0.756. The van der Waals surface area contributed by atoms with Crippen LogP contribution in [0.25, 0.3) is 0 Å². The molecule has 1 aromatic heterocycles. The number of ether oxygens (including phenoxy) is 1. The average molecular weight is 226 g/mol. The van der Waals surface area contributed by atoms with E-state index in [1.165, 1.54) is 5.75 Å². The van der Waals surface area contributed by atoms with Crippen molar-refractivity contribution in [2.24, 2.45) is 0 Å². The zero-order valence-corrected chi connectivity index (χ0v) is 10.4. The normalized spacial score (nSPS) is 10.1. The second kappa shape index (κ2) is 6.56. The highest BCUT2D eigenvalue weighted by molar-refractivity contribution is 7.98. The number of nitrogens with zero attached hydrogens (tertiary/aromatic N) is 1. The van der Waals surface area contributed by atoms with Crippen LogP contribution in [0.15, 0.2) is 12.3 Å². The first-order valence-corrected chi connectivity index (χ1v) is 6.40. The van der Waals surface area contributed by atoms with Gasteiger partial charge in [-0.05, 0) is 31.4 Å². The second-order valence-electron chi connectivity index (χ2n) is 3.30. The molecule has 4 heteroatoms. The van der Waals surface area contributed by atoms with Crippen molar-refractivity contribution < 1.29 is 4.74 Å². The van der Waals surface area contributed by atoms with E-state index < -0.39 is 0 Å². The Labute approximate surface area is 95.6 Å². The van der Waals surface area contributed by atoms with Crippen molar-refractivity contribution in [1.82, 2.24) is 4.98 Å². The van der Waals surface area contributed by atoms with Gasteiger partial charge in [0.05, 0.1) is 19.0 Å². The number of aryl methyl sites for hydroxylation is 1. The third kappa shape index (κ3) is 4.00. The fraction of sp³-hybridized carbons (Fsp3) is 0.545. The van der Waals surface area contributed by atoms with Crippen LogP contribution in [0.3, 0.4) is 0 Å². The van der Waals surface area contributed by atoms with Crippen LogP contribution in [-0.2, 0) is 0 Å². The summed E-state index contributed by atoms with van der Waals surface area (Å²) in [5.41, 5.74) is 2.04. The molecule has 84 valence electrons. The zero-order valence-electron chi connectivity index (χ0n) is 9.54. The van der Waals surface area contributed by atoms with E-state index in [4.69, 9.17) is 4.74 Å². The highest BCUT2D eigenvalue weighted by Crippen LogP contribution is 2.23. The van der Waals surface area contributed by atoms with Crippen LogP contribution in [0, 0.1) is 6.92 Å². The molecule has 0 unspecified atom stereocenters. The Kier molecular flexibility index (Phi) is 5.32. The number of thioether (sulfide) groups is 1. The fourth-order valence-corrected chi connectivity index (χ4v) is 1.72. The van der Waals surface area contributed by atoms with Gasteiger partial charge in [-0.25, -0.2) is 0 Å². The molecule has 0 fully saturated rings. The Morgan fingerprint density at radius 2 is 2.33 bits per heavy atom. The van der Waals surface area contributed by atoms with Crippen LogP contribution in [-0.4, -0.2) is 30.6 Å². The lowest BCUT2D eigenvalue weighted by molar-refractivity contribution is 0.414. The lowest BCUT2D eigenvalue weighted by Gasteiger charge is -2.10. The zero-order chi connectivity index (χ0) is 11.1. The standard InChI is InChI=1S/C11H18N2OS/c1-9-7-10(11(14-2)8-13-9)12-5-4-6-15-3/h7-8H,4-6H2,1-3H3,(H,12,13). The van der Waals surface area contributed by atoms with Crippen molar-refractivity contribution in [2.75, 3.05) is 31.0 Å². The van der Waals surface area contributed by atoms with E-state index >= 15 is 0 Å². The van der Waals surface area contributed by atoms with Gasteiger partial charge in [-0.1, -0.05) is 0 Å². The van der Waals surface area contributed by atoms with Crippen molar-refractivity contribution in [3.05, 3.63) is 18.0 Å². The third-order valence-corrected chi connectivity index (χ3v) is 2.76. The maximum absolute atomic E-state index is 5.23. The van der Waals surface area contributed by atoms with E-state index in [2.05, 4.69) is 16.6 Å². The first-order valence-electron chi connectivity index (χ1n) is 5.01. The summed E-state index contributed by atoms with van der Waals surface area (Å²) in [6.07, 6.45) is 5.04. The molecule has 0 saturated carbocycles. The van der Waals surface area contributed by atoms with Crippen LogP contribution < -0.4 is 10.1 Å². The Morgan fingerprint density at radius 1 is 1.53 bits per heavy atom. The molecule has 0 saturated heterocycles. The number of anilines is 1. The van der Waals surface area contributed by atoms with Crippen LogP contribution in [0.5, 0.6) is 5.75 Å². The molecule has 0 bridgehead atoms. The summed E-state index contributed by atoms with van der Waals surface area (Å²) >= 11 is 1.87. The van der Waals surface area contributed by atoms with E-state index in [1.807, 2.05) is 24.8 Å². The molecule has 15 heavy (non-hydrogen) atoms. The molecule has 0 aliphatic heterocycles. The summed E-state index contributed by atoms with van der Waals surface area (Å²) in [4.78, 5) is 4.19. The lowest BCUT2D eigenvalue weighted by Crippen LogP contribution is -2.04. The summed E-state index contributed by atoms with van der Waals surface area (Å²) in [6.45, 7) is 2.95. The van der Waals surface area contributed by atoms with Gasteiger partial charge in [0.2, 0.25) is 0 Å². The van der Waals surface area contributed by atoms with E-state index in [1.54, 1.807) is 13.3 Å². The number of hydrogen-bond acceptors (Lipinski definition) is 4. The van der Waals surface area contributed by atoms with Gasteiger partial charge in [-0.2, -0.15) is 11.8 Å². The first kappa shape index (κ1) is 12.2. The summed E-state index contributed by atoms with van der Waals surface area (Å²) in [5.74, 6) is 1.99. The summed E-state index contributed by atoms with van der Waals surface area (Å²) in [7, 11) is 1.67. The first-order chi connectivity index (χ1) is 7.27. The molecular formula is C11H18N2OS. The average Bonchev–Trinajstić information content (AvgIpc) is 2.25. The van der Waals surface area contributed by atoms with Crippen LogP contribution >= 0.6 is 11.8 Å². The SMILES string of the molecule is COc1cnc(C)cc1NCCCSC. The molecule has 0 aliphatic carbocycles. The minimum atomic E-state index is 0.810. The summed E-state index contributed by atoms with van der Waals surface area (Å²) < 4.78 is 5.23. The van der Waals surface area contributed by atoms with Gasteiger partial charge in [0.25, 0.3) is 0 Å². The number of methoxy groups -OCH3 is 1. The van der Waals surface area contributed by atoms with Crippen molar-refractivity contribution in [2.45, 2.75) is 13.3 Å². The smallest absolute Gasteiger partial charge is 0.160 e. The van der Waals surface area contributed by atoms with Gasteiger partial charge in [0.1, 0.15) is 0 Å². The highest BCUT2D eigenvalue weighted by Gasteiger charge is 2.02. The van der Waals surface area contributed by atoms with Gasteiger partial charge in [-0.3, -0.25) is 4.98 Å². The number of hydrogen-bond donors (Lipinski definition) is 1. The minimum Gasteiger partial charge on any atom is -0.493 e. The third-order valence-electron chi connectivity index (χ3n) is 2.06. The number of pyridine rings is 1. The minimum absolute atomic E-state index is 0.810. The van der Waals surface area contributed by atoms with Gasteiger partial charge < -0.3 is 10.1 Å². The lowest BCUT2D eigenvalue weighted by atomic mass is 10.3. The number of aromatic nitrogens is 1. The predicted molar refractivity (Wildman–Crippen MR) is 67.0 cm³/mol. The summed E-state index contributed by atoms with van der Waals surface area (Å²) in [5, 5.41) is 3.36. The number of rotatable bonds is 6. The van der Waals surface area contributed by atoms with Crippen molar-refractivity contribution in [3.63, 3.8) is 0 Å². The van der Waals surface area contributed by atoms with Crippen LogP contribution in [0.2, 0.25) is 0 Å². The van der Waals surface area contributed by atoms with Crippen LogP contribution in [0.1, 0.15) is 12.1 Å². The largest absolute Gasteiger partial charge is 0.493 e. The summed E-state index contributed by atoms with van der Waals surface area (Å²) in [6, 6.07) is 2.01. The molecule has 3 nitrogen and oxygen atoms in total. The molecule has 0 amide bonds. The number of nitrogens with one attached hydrogen (secondary N) is 1. The van der Waals surface area contributed by atoms with Crippen molar-refractivity contribution >= 4 is 17.4 Å². The van der Waals surface area contributed by atoms with Gasteiger partial charge in [0, 0.05) is 12.2 Å². The second-order valence-corrected chi connectivity index (χ2v) is 4.28. The van der Waals surface area contributed by atoms with Gasteiger partial charge >= 0.3 is 0 Å². The Bertz CT molecular complexity index is 305. The fourth-order valence-electron chi connectivity index (χ4n) is 1.29. The van der Waals surface area contributed by atoms with Crippen molar-refractivity contribution in [1.29, 1.82) is 0 Å². The molecule has 1 N–H and O–H groups in total. The monoisotopic (exact) mass is 226 g/mol. The topological polar surface area (TPSA) is 34.1 Å². The molecule has 0 spiro atoms. The highest BCUT2D eigenvalue weighted by atomic mass is 32.2. The molecular weight excluding hydrogens is 208 g/mol. The van der Waals surface area contributed by atoms with Gasteiger partial charge in [-0.15, -0.1) is 0 Å². The maximum atomic E-state index is 5.23. The molecule has 0 aromatic carbocycles. The predicted octanol–water partition coefficient (Wildman–Crippen LogP) is 2.56. The maximum Gasteiger partial charge on any atom is 0.160 e. The molecule has 0 atom stereocenters. The molecule has 1 aromatic rings. The molecule has 0 aliphatic rings.